The van der Waals surface area contributed by atoms with Gasteiger partial charge >= 0.3 is 0 Å². The van der Waals surface area contributed by atoms with Crippen molar-refractivity contribution in [1.29, 1.82) is 0 Å². The zero-order valence-electron chi connectivity index (χ0n) is 14.2. The van der Waals surface area contributed by atoms with E-state index in [9.17, 15) is 9.59 Å². The summed E-state index contributed by atoms with van der Waals surface area (Å²) in [7, 11) is 1.82. The molecule has 0 aliphatic carbocycles. The lowest BCUT2D eigenvalue weighted by Crippen LogP contribution is -2.49. The fourth-order valence-electron chi connectivity index (χ4n) is 4.35. The number of aromatic nitrogens is 1. The molecule has 0 spiro atoms. The van der Waals surface area contributed by atoms with Crippen LogP contribution >= 0.6 is 0 Å². The first-order chi connectivity index (χ1) is 12.1. The zero-order chi connectivity index (χ0) is 17.4. The summed E-state index contributed by atoms with van der Waals surface area (Å²) in [5.74, 6) is 0.238. The molecule has 2 aliphatic heterocycles. The predicted octanol–water partition coefficient (Wildman–Crippen LogP) is 2.08. The third-order valence-corrected chi connectivity index (χ3v) is 5.73. The van der Waals surface area contributed by atoms with Crippen molar-refractivity contribution in [1.82, 2.24) is 15.0 Å². The van der Waals surface area contributed by atoms with Crippen LogP contribution in [-0.4, -0.2) is 52.9 Å². The molecule has 2 aliphatic rings. The zero-order valence-corrected chi connectivity index (χ0v) is 14.2. The predicted molar refractivity (Wildman–Crippen MR) is 90.9 cm³/mol. The van der Waals surface area contributed by atoms with Gasteiger partial charge in [0.2, 0.25) is 11.7 Å². The van der Waals surface area contributed by atoms with E-state index in [0.717, 1.165) is 12.8 Å². The Morgan fingerprint density at radius 2 is 2.04 bits per heavy atom. The standard InChI is InChI=1S/C19H21N3O3/c1-21-13-16-19(9-7-17(21)23,14-5-3-2-4-6-14)10-12-22(16)18(24)15-8-11-20-25-15/h2-6,8,11,16H,7,9-10,12-13H2,1H3/t16-,19+/m0/s1. The number of carbonyl (C=O) groups excluding carboxylic acids is 2. The van der Waals surface area contributed by atoms with Gasteiger partial charge in [-0.05, 0) is 18.4 Å². The molecule has 3 heterocycles. The Balaban J connectivity index is 1.76. The van der Waals surface area contributed by atoms with Crippen LogP contribution in [0.15, 0.2) is 47.1 Å². The highest BCUT2D eigenvalue weighted by Gasteiger charge is 2.52. The van der Waals surface area contributed by atoms with Crippen LogP contribution in [0.3, 0.4) is 0 Å². The molecule has 1 aromatic heterocycles. The molecule has 4 rings (SSSR count). The number of fused-ring (bicyclic) bond motifs is 1. The molecule has 2 atom stereocenters. The van der Waals surface area contributed by atoms with Gasteiger partial charge in [0.25, 0.3) is 5.91 Å². The number of likely N-dealkylation sites (tertiary alicyclic amines) is 2. The van der Waals surface area contributed by atoms with E-state index >= 15 is 0 Å². The van der Waals surface area contributed by atoms with Gasteiger partial charge in [-0.1, -0.05) is 35.5 Å². The minimum Gasteiger partial charge on any atom is -0.351 e. The van der Waals surface area contributed by atoms with Crippen molar-refractivity contribution in [2.75, 3.05) is 20.1 Å². The molecule has 130 valence electrons. The number of rotatable bonds is 2. The monoisotopic (exact) mass is 339 g/mol. The second-order valence-corrected chi connectivity index (χ2v) is 6.94. The molecule has 6 nitrogen and oxygen atoms in total. The van der Waals surface area contributed by atoms with Gasteiger partial charge in [0.15, 0.2) is 0 Å². The maximum Gasteiger partial charge on any atom is 0.292 e. The third kappa shape index (κ3) is 2.52. The topological polar surface area (TPSA) is 66.7 Å². The molecule has 0 bridgehead atoms. The lowest BCUT2D eigenvalue weighted by atomic mass is 9.71. The first-order valence-corrected chi connectivity index (χ1v) is 8.63. The lowest BCUT2D eigenvalue weighted by Gasteiger charge is -2.37. The van der Waals surface area contributed by atoms with Crippen LogP contribution in [0.2, 0.25) is 0 Å². The smallest absolute Gasteiger partial charge is 0.292 e. The highest BCUT2D eigenvalue weighted by molar-refractivity contribution is 5.92. The van der Waals surface area contributed by atoms with Crippen LogP contribution in [-0.2, 0) is 10.2 Å². The van der Waals surface area contributed by atoms with E-state index in [0.29, 0.717) is 19.5 Å². The maximum atomic E-state index is 12.9. The van der Waals surface area contributed by atoms with Crippen LogP contribution in [0.25, 0.3) is 0 Å². The van der Waals surface area contributed by atoms with E-state index in [1.165, 1.54) is 11.8 Å². The van der Waals surface area contributed by atoms with Gasteiger partial charge in [-0.25, -0.2) is 0 Å². The molecule has 2 fully saturated rings. The number of amides is 2. The molecule has 0 unspecified atom stereocenters. The lowest BCUT2D eigenvalue weighted by molar-refractivity contribution is -0.129. The normalized spacial score (nSPS) is 26.4. The number of carbonyl (C=O) groups is 2. The second kappa shape index (κ2) is 6.02. The van der Waals surface area contributed by atoms with E-state index in [-0.39, 0.29) is 29.0 Å². The number of hydrogen-bond donors (Lipinski definition) is 0. The molecule has 0 N–H and O–H groups in total. The minimum absolute atomic E-state index is 0.0658. The Labute approximate surface area is 146 Å². The Hall–Kier alpha value is -2.63. The van der Waals surface area contributed by atoms with Crippen LogP contribution in [0.1, 0.15) is 35.4 Å². The van der Waals surface area contributed by atoms with Gasteiger partial charge < -0.3 is 14.3 Å². The molecular weight excluding hydrogens is 318 g/mol. The van der Waals surface area contributed by atoms with Gasteiger partial charge in [-0.15, -0.1) is 0 Å². The quantitative estimate of drug-likeness (QED) is 0.840. The fourth-order valence-corrected chi connectivity index (χ4v) is 4.35. The van der Waals surface area contributed by atoms with Crippen molar-refractivity contribution in [3.63, 3.8) is 0 Å². The van der Waals surface area contributed by atoms with E-state index < -0.39 is 0 Å². The molecule has 25 heavy (non-hydrogen) atoms. The highest BCUT2D eigenvalue weighted by atomic mass is 16.5. The fraction of sp³-hybridized carbons (Fsp3) is 0.421. The van der Waals surface area contributed by atoms with Crippen molar-refractivity contribution < 1.29 is 14.1 Å². The Kier molecular flexibility index (Phi) is 3.82. The maximum absolute atomic E-state index is 12.9. The molecule has 2 amide bonds. The van der Waals surface area contributed by atoms with E-state index in [2.05, 4.69) is 17.3 Å². The van der Waals surface area contributed by atoms with Crippen LogP contribution in [0, 0.1) is 0 Å². The average molecular weight is 339 g/mol. The highest BCUT2D eigenvalue weighted by Crippen LogP contribution is 2.46. The summed E-state index contributed by atoms with van der Waals surface area (Å²) < 4.78 is 5.08. The third-order valence-electron chi connectivity index (χ3n) is 5.73. The summed E-state index contributed by atoms with van der Waals surface area (Å²) >= 11 is 0. The van der Waals surface area contributed by atoms with Gasteiger partial charge in [0, 0.05) is 38.0 Å². The Bertz CT molecular complexity index is 774. The molecular formula is C19H21N3O3. The minimum atomic E-state index is -0.197. The van der Waals surface area contributed by atoms with Gasteiger partial charge in [-0.3, -0.25) is 9.59 Å². The molecule has 2 aromatic rings. The summed E-state index contributed by atoms with van der Waals surface area (Å²) in [5.41, 5.74) is 1.01. The first-order valence-electron chi connectivity index (χ1n) is 8.63. The van der Waals surface area contributed by atoms with E-state index in [4.69, 9.17) is 4.52 Å². The molecule has 6 heteroatoms. The van der Waals surface area contributed by atoms with Crippen molar-refractivity contribution >= 4 is 11.8 Å². The van der Waals surface area contributed by atoms with Crippen LogP contribution < -0.4 is 0 Å². The van der Waals surface area contributed by atoms with Crippen LogP contribution in [0.5, 0.6) is 0 Å². The number of hydrogen-bond acceptors (Lipinski definition) is 4. The summed E-state index contributed by atoms with van der Waals surface area (Å²) in [4.78, 5) is 28.9. The Morgan fingerprint density at radius 1 is 1.24 bits per heavy atom. The number of likely N-dealkylation sites (N-methyl/N-ethyl adjacent to an activating group) is 1. The SMILES string of the molecule is CN1C[C@@H]2N(C(=O)c3ccno3)CC[C@@]2(c2ccccc2)CCC1=O. The van der Waals surface area contributed by atoms with Crippen molar-refractivity contribution in [3.8, 4) is 0 Å². The number of nitrogens with zero attached hydrogens (tertiary/aromatic N) is 3. The number of benzene rings is 1. The molecule has 1 aromatic carbocycles. The summed E-state index contributed by atoms with van der Waals surface area (Å²) in [6.45, 7) is 1.19. The molecule has 2 saturated heterocycles. The molecule has 0 saturated carbocycles. The Morgan fingerprint density at radius 3 is 2.76 bits per heavy atom. The summed E-state index contributed by atoms with van der Waals surface area (Å²) in [6, 6.07) is 11.8. The van der Waals surface area contributed by atoms with Crippen molar-refractivity contribution in [2.24, 2.45) is 0 Å². The van der Waals surface area contributed by atoms with Gasteiger partial charge in [0.05, 0.1) is 12.2 Å². The van der Waals surface area contributed by atoms with Gasteiger partial charge in [-0.2, -0.15) is 0 Å². The van der Waals surface area contributed by atoms with Gasteiger partial charge in [0.1, 0.15) is 0 Å². The largest absolute Gasteiger partial charge is 0.351 e. The molecule has 0 radical (unpaired) electrons. The van der Waals surface area contributed by atoms with Crippen LogP contribution in [0.4, 0.5) is 0 Å². The van der Waals surface area contributed by atoms with Crippen molar-refractivity contribution in [2.45, 2.75) is 30.7 Å². The first kappa shape index (κ1) is 15.9. The average Bonchev–Trinajstić information content (AvgIpc) is 3.27. The van der Waals surface area contributed by atoms with Crippen molar-refractivity contribution in [3.05, 3.63) is 53.9 Å². The summed E-state index contributed by atoms with van der Waals surface area (Å²) in [5, 5.41) is 3.65. The summed E-state index contributed by atoms with van der Waals surface area (Å²) in [6.07, 6.45) is 3.59. The van der Waals surface area contributed by atoms with E-state index in [1.54, 1.807) is 11.0 Å². The van der Waals surface area contributed by atoms with E-state index in [1.807, 2.05) is 30.1 Å². The second-order valence-electron chi connectivity index (χ2n) is 6.94.